The van der Waals surface area contributed by atoms with E-state index in [1.807, 2.05) is 42.5 Å². The van der Waals surface area contributed by atoms with E-state index in [0.29, 0.717) is 16.5 Å². The monoisotopic (exact) mass is 309 g/mol. The Bertz CT molecular complexity index is 549. The van der Waals surface area contributed by atoms with Crippen molar-refractivity contribution in [2.45, 2.75) is 18.9 Å². The minimum atomic E-state index is -0.0270. The van der Waals surface area contributed by atoms with E-state index < -0.39 is 0 Å². The summed E-state index contributed by atoms with van der Waals surface area (Å²) in [7, 11) is 1.65. The van der Waals surface area contributed by atoms with Crippen molar-refractivity contribution in [2.24, 2.45) is 5.73 Å². The summed E-state index contributed by atoms with van der Waals surface area (Å²) in [6, 6.07) is 13.4. The van der Waals surface area contributed by atoms with Crippen molar-refractivity contribution in [1.29, 1.82) is 0 Å². The largest absolute Gasteiger partial charge is 0.497 e. The molecular weight excluding hydrogens is 293 g/mol. The Morgan fingerprint density at radius 2 is 1.60 bits per heavy atom. The van der Waals surface area contributed by atoms with Gasteiger partial charge in [-0.3, -0.25) is 0 Å². The van der Waals surface area contributed by atoms with Gasteiger partial charge in [0, 0.05) is 16.1 Å². The molecule has 20 heavy (non-hydrogen) atoms. The first-order valence-electron chi connectivity index (χ1n) is 6.41. The molecule has 2 nitrogen and oxygen atoms in total. The van der Waals surface area contributed by atoms with Crippen molar-refractivity contribution in [2.75, 3.05) is 7.11 Å². The molecule has 0 aliphatic heterocycles. The molecule has 0 saturated carbocycles. The van der Waals surface area contributed by atoms with E-state index in [9.17, 15) is 0 Å². The van der Waals surface area contributed by atoms with Gasteiger partial charge < -0.3 is 10.5 Å². The molecule has 0 aromatic heterocycles. The highest BCUT2D eigenvalue weighted by molar-refractivity contribution is 6.36. The van der Waals surface area contributed by atoms with Crippen molar-refractivity contribution in [1.82, 2.24) is 0 Å². The third-order valence-electron chi connectivity index (χ3n) is 3.18. The average Bonchev–Trinajstić information content (AvgIpc) is 2.44. The van der Waals surface area contributed by atoms with Gasteiger partial charge >= 0.3 is 0 Å². The Morgan fingerprint density at radius 3 is 2.15 bits per heavy atom. The van der Waals surface area contributed by atoms with Crippen LogP contribution >= 0.6 is 23.2 Å². The lowest BCUT2D eigenvalue weighted by Crippen LogP contribution is -2.25. The second kappa shape index (κ2) is 6.98. The number of benzene rings is 2. The minimum absolute atomic E-state index is 0.0270. The lowest BCUT2D eigenvalue weighted by atomic mass is 9.99. The molecule has 0 aliphatic carbocycles. The van der Waals surface area contributed by atoms with Gasteiger partial charge in [-0.15, -0.1) is 0 Å². The summed E-state index contributed by atoms with van der Waals surface area (Å²) in [6.07, 6.45) is 1.43. The van der Waals surface area contributed by atoms with E-state index in [2.05, 4.69) is 0 Å². The molecule has 0 saturated heterocycles. The molecule has 2 N–H and O–H groups in total. The van der Waals surface area contributed by atoms with Gasteiger partial charge in [-0.1, -0.05) is 41.4 Å². The zero-order valence-electron chi connectivity index (χ0n) is 11.3. The van der Waals surface area contributed by atoms with E-state index in [-0.39, 0.29) is 6.04 Å². The van der Waals surface area contributed by atoms with E-state index in [0.717, 1.165) is 17.7 Å². The maximum absolute atomic E-state index is 6.20. The number of ether oxygens (including phenoxy) is 1. The van der Waals surface area contributed by atoms with Gasteiger partial charge in [0.25, 0.3) is 0 Å². The first-order valence-corrected chi connectivity index (χ1v) is 7.17. The Kier molecular flexibility index (Phi) is 5.30. The van der Waals surface area contributed by atoms with Crippen LogP contribution < -0.4 is 10.5 Å². The summed E-state index contributed by atoms with van der Waals surface area (Å²) in [5.41, 5.74) is 8.28. The first kappa shape index (κ1) is 15.2. The van der Waals surface area contributed by atoms with Gasteiger partial charge in [0.1, 0.15) is 5.75 Å². The smallest absolute Gasteiger partial charge is 0.118 e. The third-order valence-corrected chi connectivity index (χ3v) is 3.89. The van der Waals surface area contributed by atoms with Crippen molar-refractivity contribution < 1.29 is 4.74 Å². The lowest BCUT2D eigenvalue weighted by molar-refractivity contribution is 0.414. The molecule has 0 bridgehead atoms. The SMILES string of the molecule is COc1ccc(CC(N)Cc2c(Cl)cccc2Cl)cc1. The highest BCUT2D eigenvalue weighted by Crippen LogP contribution is 2.25. The zero-order valence-corrected chi connectivity index (χ0v) is 12.8. The van der Waals surface area contributed by atoms with Gasteiger partial charge in [-0.25, -0.2) is 0 Å². The van der Waals surface area contributed by atoms with Crippen LogP contribution in [0, 0.1) is 0 Å². The third kappa shape index (κ3) is 3.89. The maximum atomic E-state index is 6.20. The molecule has 106 valence electrons. The van der Waals surface area contributed by atoms with Crippen LogP contribution in [0.15, 0.2) is 42.5 Å². The second-order valence-electron chi connectivity index (χ2n) is 4.72. The summed E-state index contributed by atoms with van der Waals surface area (Å²) < 4.78 is 5.14. The van der Waals surface area contributed by atoms with Crippen molar-refractivity contribution >= 4 is 23.2 Å². The summed E-state index contributed by atoms with van der Waals surface area (Å²) >= 11 is 12.3. The molecule has 4 heteroatoms. The molecule has 2 aromatic carbocycles. The predicted molar refractivity (Wildman–Crippen MR) is 84.8 cm³/mol. The number of hydrogen-bond acceptors (Lipinski definition) is 2. The highest BCUT2D eigenvalue weighted by Gasteiger charge is 2.11. The summed E-state index contributed by atoms with van der Waals surface area (Å²) in [4.78, 5) is 0. The molecule has 0 amide bonds. The number of rotatable bonds is 5. The Hall–Kier alpha value is -1.22. The normalized spacial score (nSPS) is 12.2. The number of hydrogen-bond donors (Lipinski definition) is 1. The fraction of sp³-hybridized carbons (Fsp3) is 0.250. The van der Waals surface area contributed by atoms with E-state index in [1.165, 1.54) is 5.56 Å². The molecular formula is C16H17Cl2NO. The molecule has 1 atom stereocenters. The number of halogens is 2. The fourth-order valence-electron chi connectivity index (χ4n) is 2.13. The predicted octanol–water partition coefficient (Wildman–Crippen LogP) is 4.11. The molecule has 2 rings (SSSR count). The molecule has 0 fully saturated rings. The van der Waals surface area contributed by atoms with Crippen LogP contribution in [-0.4, -0.2) is 13.2 Å². The number of nitrogens with two attached hydrogens (primary N) is 1. The van der Waals surface area contributed by atoms with Crippen LogP contribution in [0.3, 0.4) is 0 Å². The van der Waals surface area contributed by atoms with Crippen molar-refractivity contribution in [3.63, 3.8) is 0 Å². The Balaban J connectivity index is 2.03. The van der Waals surface area contributed by atoms with Crippen LogP contribution in [0.2, 0.25) is 10.0 Å². The molecule has 1 unspecified atom stereocenters. The maximum Gasteiger partial charge on any atom is 0.118 e. The standard InChI is InChI=1S/C16H17Cl2NO/c1-20-13-7-5-11(6-8-13)9-12(19)10-14-15(17)3-2-4-16(14)18/h2-8,12H,9-10,19H2,1H3. The van der Waals surface area contributed by atoms with E-state index >= 15 is 0 Å². The van der Waals surface area contributed by atoms with Crippen molar-refractivity contribution in [3.8, 4) is 5.75 Å². The van der Waals surface area contributed by atoms with E-state index in [4.69, 9.17) is 33.7 Å². The van der Waals surface area contributed by atoms with Gasteiger partial charge in [-0.05, 0) is 48.2 Å². The molecule has 2 aromatic rings. The molecule has 0 aliphatic rings. The fourth-order valence-corrected chi connectivity index (χ4v) is 2.68. The van der Waals surface area contributed by atoms with Gasteiger partial charge in [-0.2, -0.15) is 0 Å². The van der Waals surface area contributed by atoms with Gasteiger partial charge in [0.05, 0.1) is 7.11 Å². The van der Waals surface area contributed by atoms with Crippen LogP contribution in [0.25, 0.3) is 0 Å². The van der Waals surface area contributed by atoms with Gasteiger partial charge in [0.15, 0.2) is 0 Å². The quantitative estimate of drug-likeness (QED) is 0.902. The van der Waals surface area contributed by atoms with Crippen LogP contribution in [0.5, 0.6) is 5.75 Å². The molecule has 0 spiro atoms. The zero-order chi connectivity index (χ0) is 14.5. The molecule has 0 heterocycles. The van der Waals surface area contributed by atoms with E-state index in [1.54, 1.807) is 7.11 Å². The highest BCUT2D eigenvalue weighted by atomic mass is 35.5. The van der Waals surface area contributed by atoms with Gasteiger partial charge in [0.2, 0.25) is 0 Å². The Labute approximate surface area is 129 Å². The summed E-state index contributed by atoms with van der Waals surface area (Å²) in [6.45, 7) is 0. The second-order valence-corrected chi connectivity index (χ2v) is 5.53. The Morgan fingerprint density at radius 1 is 1.00 bits per heavy atom. The minimum Gasteiger partial charge on any atom is -0.497 e. The van der Waals surface area contributed by atoms with Crippen LogP contribution in [0.1, 0.15) is 11.1 Å². The molecule has 0 radical (unpaired) electrons. The average molecular weight is 310 g/mol. The van der Waals surface area contributed by atoms with Crippen molar-refractivity contribution in [3.05, 3.63) is 63.6 Å². The van der Waals surface area contributed by atoms with Crippen LogP contribution in [0.4, 0.5) is 0 Å². The topological polar surface area (TPSA) is 35.2 Å². The lowest BCUT2D eigenvalue weighted by Gasteiger charge is -2.14. The first-order chi connectivity index (χ1) is 9.60. The summed E-state index contributed by atoms with van der Waals surface area (Å²) in [5, 5.41) is 1.34. The number of methoxy groups -OCH3 is 1. The van der Waals surface area contributed by atoms with Crippen LogP contribution in [-0.2, 0) is 12.8 Å². The summed E-state index contributed by atoms with van der Waals surface area (Å²) in [5.74, 6) is 0.844.